The van der Waals surface area contributed by atoms with Crippen LogP contribution in [0.4, 0.5) is 0 Å². The number of ketones is 2. The van der Waals surface area contributed by atoms with Gasteiger partial charge in [0, 0.05) is 6.07 Å². The van der Waals surface area contributed by atoms with E-state index in [4.69, 9.17) is 4.74 Å². The number of carbonyl (C=O) groups excluding carboxylic acids is 2. The molecule has 0 aliphatic carbocycles. The maximum Gasteiger partial charge on any atom is 0.246 e. The highest BCUT2D eigenvalue weighted by Crippen LogP contribution is 2.35. The highest BCUT2D eigenvalue weighted by molar-refractivity contribution is 6.47. The van der Waals surface area contributed by atoms with Crippen molar-refractivity contribution < 1.29 is 19.4 Å². The van der Waals surface area contributed by atoms with E-state index >= 15 is 0 Å². The predicted molar refractivity (Wildman–Crippen MR) is 56.9 cm³/mol. The zero-order valence-corrected chi connectivity index (χ0v) is 9.33. The molecular formula is C12H12O4. The average molecular weight is 220 g/mol. The monoisotopic (exact) mass is 220 g/mol. The number of rotatable bonds is 0. The second-order valence-electron chi connectivity index (χ2n) is 4.41. The molecule has 0 bridgehead atoms. The third-order valence-electron chi connectivity index (χ3n) is 2.63. The summed E-state index contributed by atoms with van der Waals surface area (Å²) in [5, 5.41) is 9.42. The molecule has 0 atom stereocenters. The lowest BCUT2D eigenvalue weighted by atomic mass is 9.89. The number of aryl methyl sites for hydroxylation is 1. The fourth-order valence-electron chi connectivity index (χ4n) is 1.82. The number of aromatic hydroxyl groups is 1. The Morgan fingerprint density at radius 3 is 2.50 bits per heavy atom. The van der Waals surface area contributed by atoms with Crippen molar-refractivity contribution in [1.82, 2.24) is 0 Å². The van der Waals surface area contributed by atoms with Crippen LogP contribution in [-0.2, 0) is 4.79 Å². The lowest BCUT2D eigenvalue weighted by molar-refractivity contribution is -0.128. The van der Waals surface area contributed by atoms with Crippen LogP contribution >= 0.6 is 0 Å². The van der Waals surface area contributed by atoms with Crippen LogP contribution in [-0.4, -0.2) is 22.3 Å². The molecular weight excluding hydrogens is 208 g/mol. The average Bonchev–Trinajstić information content (AvgIpc) is 2.12. The summed E-state index contributed by atoms with van der Waals surface area (Å²) in [7, 11) is 0. The largest absolute Gasteiger partial charge is 0.508 e. The summed E-state index contributed by atoms with van der Waals surface area (Å²) >= 11 is 0. The van der Waals surface area contributed by atoms with E-state index in [9.17, 15) is 14.7 Å². The van der Waals surface area contributed by atoms with Crippen LogP contribution in [0.25, 0.3) is 0 Å². The maximum absolute atomic E-state index is 11.9. The van der Waals surface area contributed by atoms with Gasteiger partial charge in [-0.2, -0.15) is 0 Å². The van der Waals surface area contributed by atoms with Gasteiger partial charge in [-0.1, -0.05) is 0 Å². The molecule has 0 radical (unpaired) electrons. The van der Waals surface area contributed by atoms with Gasteiger partial charge in [-0.05, 0) is 32.4 Å². The molecule has 1 aromatic rings. The van der Waals surface area contributed by atoms with E-state index in [-0.39, 0.29) is 17.1 Å². The van der Waals surface area contributed by atoms with Gasteiger partial charge in [-0.25, -0.2) is 0 Å². The molecule has 4 nitrogen and oxygen atoms in total. The number of phenolic OH excluding ortho intramolecular Hbond substituents is 1. The van der Waals surface area contributed by atoms with Crippen LogP contribution in [0.2, 0.25) is 0 Å². The molecule has 0 saturated carbocycles. The van der Waals surface area contributed by atoms with Crippen LogP contribution < -0.4 is 4.74 Å². The molecule has 0 spiro atoms. The second kappa shape index (κ2) is 3.07. The molecule has 0 amide bonds. The van der Waals surface area contributed by atoms with E-state index in [1.165, 1.54) is 26.0 Å². The number of benzene rings is 1. The summed E-state index contributed by atoms with van der Waals surface area (Å²) in [5.74, 6) is -0.821. The molecule has 84 valence electrons. The first-order valence-corrected chi connectivity index (χ1v) is 4.94. The molecule has 16 heavy (non-hydrogen) atoms. The van der Waals surface area contributed by atoms with Crippen molar-refractivity contribution in [3.63, 3.8) is 0 Å². The zero-order chi connectivity index (χ0) is 12.1. The minimum Gasteiger partial charge on any atom is -0.508 e. The van der Waals surface area contributed by atoms with Crippen molar-refractivity contribution in [2.24, 2.45) is 0 Å². The smallest absolute Gasteiger partial charge is 0.246 e. The van der Waals surface area contributed by atoms with Gasteiger partial charge in [0.1, 0.15) is 11.5 Å². The summed E-state index contributed by atoms with van der Waals surface area (Å²) in [6, 6.07) is 2.79. The summed E-state index contributed by atoms with van der Waals surface area (Å²) < 4.78 is 5.43. The van der Waals surface area contributed by atoms with Gasteiger partial charge in [-0.3, -0.25) is 9.59 Å². The van der Waals surface area contributed by atoms with Crippen molar-refractivity contribution in [2.45, 2.75) is 26.4 Å². The Hall–Kier alpha value is -1.84. The van der Waals surface area contributed by atoms with Gasteiger partial charge < -0.3 is 9.84 Å². The quantitative estimate of drug-likeness (QED) is 0.675. The number of hydrogen-bond donors (Lipinski definition) is 1. The van der Waals surface area contributed by atoms with E-state index < -0.39 is 17.2 Å². The fourth-order valence-corrected chi connectivity index (χ4v) is 1.82. The van der Waals surface area contributed by atoms with Gasteiger partial charge in [0.2, 0.25) is 11.6 Å². The van der Waals surface area contributed by atoms with E-state index in [2.05, 4.69) is 0 Å². The third kappa shape index (κ3) is 1.38. The van der Waals surface area contributed by atoms with Crippen LogP contribution in [0, 0.1) is 6.92 Å². The lowest BCUT2D eigenvalue weighted by Gasteiger charge is -2.30. The number of fused-ring (bicyclic) bond motifs is 1. The fraction of sp³-hybridized carbons (Fsp3) is 0.333. The Balaban J connectivity index is 2.69. The molecule has 1 heterocycles. The number of phenols is 1. The van der Waals surface area contributed by atoms with E-state index in [1.807, 2.05) is 0 Å². The number of carbonyl (C=O) groups is 2. The van der Waals surface area contributed by atoms with Crippen LogP contribution in [0.3, 0.4) is 0 Å². The summed E-state index contributed by atoms with van der Waals surface area (Å²) in [6.07, 6.45) is 0. The molecule has 4 heteroatoms. The Morgan fingerprint density at radius 2 is 1.88 bits per heavy atom. The lowest BCUT2D eigenvalue weighted by Crippen LogP contribution is -2.46. The molecule has 0 saturated heterocycles. The SMILES string of the molecule is Cc1cc(O)cc2c1C(=O)C(=O)C(C)(C)O2. The van der Waals surface area contributed by atoms with E-state index in [0.29, 0.717) is 5.56 Å². The standard InChI is InChI=1S/C12H12O4/c1-6-4-7(13)5-8-9(6)10(14)11(15)12(2,3)16-8/h4-5,13H,1-3H3. The van der Waals surface area contributed by atoms with Gasteiger partial charge in [0.25, 0.3) is 0 Å². The first kappa shape index (κ1) is 10.7. The third-order valence-corrected chi connectivity index (χ3v) is 2.63. The highest BCUT2D eigenvalue weighted by atomic mass is 16.5. The van der Waals surface area contributed by atoms with Gasteiger partial charge >= 0.3 is 0 Å². The van der Waals surface area contributed by atoms with Crippen molar-refractivity contribution in [2.75, 3.05) is 0 Å². The summed E-state index contributed by atoms with van der Waals surface area (Å²) in [6.45, 7) is 4.73. The Bertz CT molecular complexity index is 500. The minimum absolute atomic E-state index is 0.0224. The summed E-state index contributed by atoms with van der Waals surface area (Å²) in [4.78, 5) is 23.6. The molecule has 2 rings (SSSR count). The molecule has 0 unspecified atom stereocenters. The first-order valence-electron chi connectivity index (χ1n) is 4.94. The molecule has 1 aromatic carbocycles. The Morgan fingerprint density at radius 1 is 1.25 bits per heavy atom. The van der Waals surface area contributed by atoms with E-state index in [0.717, 1.165) is 0 Å². The highest BCUT2D eigenvalue weighted by Gasteiger charge is 2.42. The molecule has 1 aliphatic rings. The van der Waals surface area contributed by atoms with Crippen molar-refractivity contribution in [1.29, 1.82) is 0 Å². The van der Waals surface area contributed by atoms with Gasteiger partial charge in [0.15, 0.2) is 5.60 Å². The number of hydrogen-bond acceptors (Lipinski definition) is 4. The number of Topliss-reactive ketones (excluding diaryl/α,β-unsaturated/α-hetero) is 2. The van der Waals surface area contributed by atoms with Crippen LogP contribution in [0.1, 0.15) is 29.8 Å². The maximum atomic E-state index is 11.9. The minimum atomic E-state index is -1.16. The van der Waals surface area contributed by atoms with Crippen LogP contribution in [0.15, 0.2) is 12.1 Å². The summed E-state index contributed by atoms with van der Waals surface area (Å²) in [5.41, 5.74) is -0.365. The second-order valence-corrected chi connectivity index (χ2v) is 4.41. The van der Waals surface area contributed by atoms with Gasteiger partial charge in [0.05, 0.1) is 5.56 Å². The van der Waals surface area contributed by atoms with E-state index in [1.54, 1.807) is 6.92 Å². The molecule has 1 aliphatic heterocycles. The molecule has 1 N–H and O–H groups in total. The zero-order valence-electron chi connectivity index (χ0n) is 9.33. The Labute approximate surface area is 92.8 Å². The molecule has 0 aromatic heterocycles. The normalized spacial score (nSPS) is 17.9. The van der Waals surface area contributed by atoms with Crippen molar-refractivity contribution in [3.05, 3.63) is 23.3 Å². The number of ether oxygens (including phenoxy) is 1. The topological polar surface area (TPSA) is 63.6 Å². The first-order chi connectivity index (χ1) is 7.33. The van der Waals surface area contributed by atoms with Crippen molar-refractivity contribution in [3.8, 4) is 11.5 Å². The van der Waals surface area contributed by atoms with Gasteiger partial charge in [-0.15, -0.1) is 0 Å². The van der Waals surface area contributed by atoms with Crippen LogP contribution in [0.5, 0.6) is 11.5 Å². The Kier molecular flexibility index (Phi) is 2.05. The van der Waals surface area contributed by atoms with Crippen molar-refractivity contribution >= 4 is 11.6 Å². The molecule has 0 fully saturated rings. The predicted octanol–water partition coefficient (Wildman–Crippen LogP) is 1.62.